The third-order valence-electron chi connectivity index (χ3n) is 3.13. The van der Waals surface area contributed by atoms with Crippen LogP contribution in [0, 0.1) is 5.82 Å². The fraction of sp³-hybridized carbons (Fsp3) is 0.231. The maximum Gasteiger partial charge on any atom is 0.212 e. The third kappa shape index (κ3) is 1.62. The summed E-state index contributed by atoms with van der Waals surface area (Å²) in [4.78, 5) is 5.45. The van der Waals surface area contributed by atoms with Crippen LogP contribution in [0.4, 0.5) is 4.39 Å². The number of benzene rings is 1. The fourth-order valence-corrected chi connectivity index (χ4v) is 3.02. The number of aromatic nitrogens is 3. The lowest BCUT2D eigenvalue weighted by atomic mass is 10.2. The molecule has 2 heterocycles. The Labute approximate surface area is 107 Å². The molecule has 0 N–H and O–H groups in total. The van der Waals surface area contributed by atoms with Crippen molar-refractivity contribution >= 4 is 16.3 Å². The van der Waals surface area contributed by atoms with Crippen LogP contribution in [-0.2, 0) is 0 Å². The van der Waals surface area contributed by atoms with E-state index < -0.39 is 0 Å². The van der Waals surface area contributed by atoms with E-state index in [1.54, 1.807) is 23.5 Å². The molecule has 0 saturated heterocycles. The molecule has 1 aromatic carbocycles. The largest absolute Gasteiger partial charge is 0.217 e. The quantitative estimate of drug-likeness (QED) is 0.705. The van der Waals surface area contributed by atoms with Crippen LogP contribution in [0.1, 0.15) is 23.8 Å². The van der Waals surface area contributed by atoms with Gasteiger partial charge < -0.3 is 0 Å². The van der Waals surface area contributed by atoms with Gasteiger partial charge in [-0.05, 0) is 37.1 Å². The Morgan fingerprint density at radius 2 is 2.00 bits per heavy atom. The molecule has 0 bridgehead atoms. The summed E-state index contributed by atoms with van der Waals surface area (Å²) < 4.78 is 14.7. The van der Waals surface area contributed by atoms with Crippen LogP contribution in [0.15, 0.2) is 30.5 Å². The van der Waals surface area contributed by atoms with Gasteiger partial charge in [0.25, 0.3) is 0 Å². The second-order valence-electron chi connectivity index (χ2n) is 4.57. The second-order valence-corrected chi connectivity index (χ2v) is 5.56. The number of hydrogen-bond acceptors (Lipinski definition) is 3. The SMILES string of the molecule is Fc1ccc(-c2cn3nc(C4CC4)sc3n2)cc1. The van der Waals surface area contributed by atoms with Crippen LogP contribution in [0.3, 0.4) is 0 Å². The summed E-state index contributed by atoms with van der Waals surface area (Å²) in [5.41, 5.74) is 1.76. The lowest BCUT2D eigenvalue weighted by Crippen LogP contribution is -1.83. The molecule has 0 radical (unpaired) electrons. The van der Waals surface area contributed by atoms with Crippen molar-refractivity contribution in [3.05, 3.63) is 41.3 Å². The molecule has 3 nitrogen and oxygen atoms in total. The summed E-state index contributed by atoms with van der Waals surface area (Å²) >= 11 is 1.65. The van der Waals surface area contributed by atoms with Gasteiger partial charge >= 0.3 is 0 Å². The van der Waals surface area contributed by atoms with Gasteiger partial charge in [-0.15, -0.1) is 0 Å². The molecule has 0 spiro atoms. The van der Waals surface area contributed by atoms with Gasteiger partial charge in [0, 0.05) is 11.5 Å². The van der Waals surface area contributed by atoms with Gasteiger partial charge in [-0.1, -0.05) is 11.3 Å². The molecule has 2 aromatic heterocycles. The van der Waals surface area contributed by atoms with Crippen molar-refractivity contribution in [2.45, 2.75) is 18.8 Å². The normalized spacial score (nSPS) is 15.4. The number of fused-ring (bicyclic) bond motifs is 1. The molecule has 0 aliphatic heterocycles. The first-order valence-corrected chi connectivity index (χ1v) is 6.73. The summed E-state index contributed by atoms with van der Waals surface area (Å²) in [6.45, 7) is 0. The molecule has 3 aromatic rings. The Bertz CT molecular complexity index is 678. The lowest BCUT2D eigenvalue weighted by Gasteiger charge is -1.94. The lowest BCUT2D eigenvalue weighted by molar-refractivity contribution is 0.628. The number of nitrogens with zero attached hydrogens (tertiary/aromatic N) is 3. The number of rotatable bonds is 2. The van der Waals surface area contributed by atoms with Crippen LogP contribution in [-0.4, -0.2) is 14.6 Å². The van der Waals surface area contributed by atoms with Gasteiger partial charge in [0.05, 0.1) is 11.9 Å². The van der Waals surface area contributed by atoms with Gasteiger partial charge in [-0.2, -0.15) is 5.10 Å². The van der Waals surface area contributed by atoms with E-state index in [1.165, 1.54) is 30.0 Å². The monoisotopic (exact) mass is 259 g/mol. The Morgan fingerprint density at radius 3 is 2.67 bits per heavy atom. The van der Waals surface area contributed by atoms with Gasteiger partial charge in [0.2, 0.25) is 4.96 Å². The molecule has 0 atom stereocenters. The topological polar surface area (TPSA) is 30.2 Å². The van der Waals surface area contributed by atoms with Gasteiger partial charge in [-0.25, -0.2) is 13.9 Å². The zero-order valence-corrected chi connectivity index (χ0v) is 10.3. The average Bonchev–Trinajstić information content (AvgIpc) is 3.02. The molecule has 1 saturated carbocycles. The van der Waals surface area contributed by atoms with Crippen molar-refractivity contribution in [1.29, 1.82) is 0 Å². The first-order chi connectivity index (χ1) is 8.79. The van der Waals surface area contributed by atoms with E-state index in [9.17, 15) is 4.39 Å². The van der Waals surface area contributed by atoms with Gasteiger partial charge in [0.1, 0.15) is 10.8 Å². The highest BCUT2D eigenvalue weighted by molar-refractivity contribution is 7.16. The van der Waals surface area contributed by atoms with E-state index in [4.69, 9.17) is 0 Å². The minimum absolute atomic E-state index is 0.228. The highest BCUT2D eigenvalue weighted by atomic mass is 32.1. The molecule has 18 heavy (non-hydrogen) atoms. The van der Waals surface area contributed by atoms with Crippen molar-refractivity contribution in [2.75, 3.05) is 0 Å². The molecule has 1 aliphatic rings. The van der Waals surface area contributed by atoms with Crippen LogP contribution < -0.4 is 0 Å². The molecular formula is C13H10FN3S. The highest BCUT2D eigenvalue weighted by Gasteiger charge is 2.27. The van der Waals surface area contributed by atoms with E-state index in [-0.39, 0.29) is 5.82 Å². The molecule has 90 valence electrons. The summed E-state index contributed by atoms with van der Waals surface area (Å²) in [5.74, 6) is 0.430. The highest BCUT2D eigenvalue weighted by Crippen LogP contribution is 2.42. The number of imidazole rings is 1. The van der Waals surface area contributed by atoms with Gasteiger partial charge in [-0.3, -0.25) is 0 Å². The van der Waals surface area contributed by atoms with E-state index in [2.05, 4.69) is 10.1 Å². The first kappa shape index (κ1) is 10.2. The minimum atomic E-state index is -0.228. The van der Waals surface area contributed by atoms with Crippen molar-refractivity contribution in [3.8, 4) is 11.3 Å². The Balaban J connectivity index is 1.76. The molecule has 0 unspecified atom stereocenters. The summed E-state index contributed by atoms with van der Waals surface area (Å²) in [6, 6.07) is 6.38. The predicted molar refractivity (Wildman–Crippen MR) is 68.2 cm³/mol. The van der Waals surface area contributed by atoms with Crippen molar-refractivity contribution < 1.29 is 4.39 Å². The molecule has 4 rings (SSSR count). The molecule has 0 amide bonds. The molecular weight excluding hydrogens is 249 g/mol. The van der Waals surface area contributed by atoms with Crippen LogP contribution in [0.5, 0.6) is 0 Å². The fourth-order valence-electron chi connectivity index (χ4n) is 1.97. The van der Waals surface area contributed by atoms with E-state index >= 15 is 0 Å². The summed E-state index contributed by atoms with van der Waals surface area (Å²) in [6.07, 6.45) is 4.41. The maximum atomic E-state index is 12.9. The average molecular weight is 259 g/mol. The first-order valence-electron chi connectivity index (χ1n) is 5.92. The van der Waals surface area contributed by atoms with E-state index in [1.807, 2.05) is 10.7 Å². The van der Waals surface area contributed by atoms with Gasteiger partial charge in [0.15, 0.2) is 0 Å². The summed E-state index contributed by atoms with van der Waals surface area (Å²) in [7, 11) is 0. The Morgan fingerprint density at radius 1 is 1.22 bits per heavy atom. The zero-order valence-electron chi connectivity index (χ0n) is 9.51. The zero-order chi connectivity index (χ0) is 12.1. The predicted octanol–water partition coefficient (Wildman–Crippen LogP) is 3.47. The van der Waals surface area contributed by atoms with E-state index in [0.717, 1.165) is 16.2 Å². The van der Waals surface area contributed by atoms with Crippen molar-refractivity contribution in [2.24, 2.45) is 0 Å². The maximum absolute atomic E-state index is 12.9. The Kier molecular flexibility index (Phi) is 2.05. The second kappa shape index (κ2) is 3.62. The molecule has 1 fully saturated rings. The number of halogens is 1. The summed E-state index contributed by atoms with van der Waals surface area (Å²) in [5, 5.41) is 5.72. The number of hydrogen-bond donors (Lipinski definition) is 0. The third-order valence-corrected chi connectivity index (χ3v) is 4.21. The molecule has 5 heteroatoms. The van der Waals surface area contributed by atoms with Crippen LogP contribution in [0.2, 0.25) is 0 Å². The minimum Gasteiger partial charge on any atom is -0.217 e. The standard InChI is InChI=1S/C13H10FN3S/c14-10-5-3-8(4-6-10)11-7-17-13(15-11)18-12(16-17)9-1-2-9/h3-7,9H,1-2H2. The Hall–Kier alpha value is -1.75. The van der Waals surface area contributed by atoms with Crippen LogP contribution >= 0.6 is 11.3 Å². The van der Waals surface area contributed by atoms with Crippen LogP contribution in [0.25, 0.3) is 16.2 Å². The smallest absolute Gasteiger partial charge is 0.212 e. The molecule has 1 aliphatic carbocycles. The van der Waals surface area contributed by atoms with Crippen molar-refractivity contribution in [1.82, 2.24) is 14.6 Å². The van der Waals surface area contributed by atoms with Crippen molar-refractivity contribution in [3.63, 3.8) is 0 Å². The van der Waals surface area contributed by atoms with E-state index in [0.29, 0.717) is 5.92 Å².